The van der Waals surface area contributed by atoms with Crippen molar-refractivity contribution in [1.82, 2.24) is 4.98 Å². The van der Waals surface area contributed by atoms with Crippen molar-refractivity contribution in [2.24, 2.45) is 10.8 Å². The number of hydrogen-bond donors (Lipinski definition) is 1. The van der Waals surface area contributed by atoms with Gasteiger partial charge >= 0.3 is 0 Å². The Hall–Kier alpha value is -2.85. The number of ketones is 1. The molecule has 3 aromatic carbocycles. The number of benzene rings is 3. The van der Waals surface area contributed by atoms with Crippen LogP contribution in [0.1, 0.15) is 104 Å². The van der Waals surface area contributed by atoms with Crippen molar-refractivity contribution in [3.63, 3.8) is 0 Å². The van der Waals surface area contributed by atoms with Gasteiger partial charge in [-0.05, 0) is 62.0 Å². The van der Waals surface area contributed by atoms with Crippen molar-refractivity contribution >= 4 is 48.9 Å². The first-order valence-electron chi connectivity index (χ1n) is 16.8. The fourth-order valence-electron chi connectivity index (χ4n) is 5.90. The van der Waals surface area contributed by atoms with Crippen LogP contribution in [-0.2, 0) is 30.3 Å². The number of aryl methyl sites for hydroxylation is 2. The van der Waals surface area contributed by atoms with Crippen LogP contribution in [0.3, 0.4) is 0 Å². The van der Waals surface area contributed by atoms with Gasteiger partial charge in [0, 0.05) is 57.7 Å². The van der Waals surface area contributed by atoms with Crippen LogP contribution in [0.5, 0.6) is 0 Å². The quantitative estimate of drug-likeness (QED) is 0.0963. The van der Waals surface area contributed by atoms with Crippen LogP contribution in [0.2, 0.25) is 0 Å². The first kappa shape index (κ1) is 38.6. The number of pyridine rings is 1. The standard InChI is InChI=1S/C27H24NS.C15H28O2.Ir/c1-16-17(2)29-26-21-12-8-9-13-23(21)28-25(24(16)26)19-14-18-10-6-7-11-20(18)22(15-19)27(3,4)5;1-7-14(5,8-2)12(16)11-13(17)15(6,9-3)10-4;/h6-13,15H,1-5H3;11,16H,7-10H2,1-6H3;/q-1;;/b;12-11-;. The van der Waals surface area contributed by atoms with E-state index in [0.717, 1.165) is 47.8 Å². The van der Waals surface area contributed by atoms with Gasteiger partial charge in [0.15, 0.2) is 5.78 Å². The Kier molecular flexibility index (Phi) is 12.4. The zero-order valence-electron chi connectivity index (χ0n) is 30.1. The largest absolute Gasteiger partial charge is 0.512 e. The molecule has 0 aliphatic rings. The molecule has 2 aromatic heterocycles. The number of carbonyl (C=O) groups excluding carboxylic acids is 1. The molecule has 253 valence electrons. The van der Waals surface area contributed by atoms with E-state index in [1.807, 2.05) is 52.9 Å². The summed E-state index contributed by atoms with van der Waals surface area (Å²) in [7, 11) is 0. The molecule has 0 unspecified atom stereocenters. The molecule has 5 rings (SSSR count). The van der Waals surface area contributed by atoms with E-state index >= 15 is 0 Å². The molecule has 47 heavy (non-hydrogen) atoms. The van der Waals surface area contributed by atoms with E-state index in [0.29, 0.717) is 0 Å². The van der Waals surface area contributed by atoms with E-state index < -0.39 is 0 Å². The number of para-hydroxylation sites is 1. The van der Waals surface area contributed by atoms with Gasteiger partial charge in [0.05, 0.1) is 5.52 Å². The summed E-state index contributed by atoms with van der Waals surface area (Å²) in [6.07, 6.45) is 4.75. The van der Waals surface area contributed by atoms with Crippen molar-refractivity contribution in [3.8, 4) is 11.3 Å². The molecule has 5 heteroatoms. The van der Waals surface area contributed by atoms with Crippen LogP contribution in [0, 0.1) is 30.7 Å². The average molecular weight is 827 g/mol. The summed E-state index contributed by atoms with van der Waals surface area (Å²) in [5, 5.41) is 15.1. The van der Waals surface area contributed by atoms with Gasteiger partial charge in [-0.3, -0.25) is 9.78 Å². The van der Waals surface area contributed by atoms with Crippen LogP contribution in [0.4, 0.5) is 0 Å². The fraction of sp³-hybridized carbons (Fsp3) is 0.429. The molecule has 2 heterocycles. The first-order chi connectivity index (χ1) is 21.6. The molecular formula is C42H52IrNO2S-. The molecule has 1 N–H and O–H groups in total. The number of fused-ring (bicyclic) bond motifs is 4. The van der Waals surface area contributed by atoms with E-state index in [1.54, 1.807) is 0 Å². The summed E-state index contributed by atoms with van der Waals surface area (Å²) in [4.78, 5) is 18.7. The van der Waals surface area contributed by atoms with E-state index in [-0.39, 0.29) is 47.9 Å². The Bertz CT molecular complexity index is 1900. The molecule has 0 aliphatic heterocycles. The number of allylic oxidation sites excluding steroid dienone is 2. The Morgan fingerprint density at radius 3 is 1.98 bits per heavy atom. The fourth-order valence-corrected chi connectivity index (χ4v) is 7.09. The van der Waals surface area contributed by atoms with Crippen molar-refractivity contribution < 1.29 is 30.0 Å². The number of thiophene rings is 1. The van der Waals surface area contributed by atoms with Crippen LogP contribution >= 0.6 is 11.3 Å². The summed E-state index contributed by atoms with van der Waals surface area (Å²) in [5.41, 5.74) is 5.30. The molecule has 0 fully saturated rings. The number of hydrogen-bond acceptors (Lipinski definition) is 4. The van der Waals surface area contributed by atoms with Crippen LogP contribution in [-0.4, -0.2) is 15.9 Å². The van der Waals surface area contributed by atoms with Gasteiger partial charge in [0.2, 0.25) is 0 Å². The molecule has 0 atom stereocenters. The van der Waals surface area contributed by atoms with Crippen LogP contribution < -0.4 is 0 Å². The van der Waals surface area contributed by atoms with E-state index in [2.05, 4.69) is 95.3 Å². The Balaban J connectivity index is 0.000000290. The SMILES string of the molecule is CCC(C)(CC)C(=O)/C=C(\O)C(C)(CC)CC.Cc1sc2c(c(-c3[c-]c4ccccc4c(C(C)(C)C)c3)nc3ccccc32)c1C.[Ir]. The van der Waals surface area contributed by atoms with E-state index in [1.165, 1.54) is 42.9 Å². The maximum Gasteiger partial charge on any atom is 0.164 e. The van der Waals surface area contributed by atoms with Gasteiger partial charge in [-0.2, -0.15) is 0 Å². The second-order valence-electron chi connectivity index (χ2n) is 14.3. The van der Waals surface area contributed by atoms with Gasteiger partial charge in [0.1, 0.15) is 5.76 Å². The number of nitrogens with zero attached hydrogens (tertiary/aromatic N) is 1. The molecule has 0 saturated heterocycles. The minimum atomic E-state index is -0.337. The summed E-state index contributed by atoms with van der Waals surface area (Å²) >= 11 is 1.88. The van der Waals surface area contributed by atoms with Gasteiger partial charge in [-0.25, -0.2) is 0 Å². The molecule has 0 spiro atoms. The summed E-state index contributed by atoms with van der Waals surface area (Å²) in [5.74, 6) is 0.286. The average Bonchev–Trinajstić information content (AvgIpc) is 3.36. The van der Waals surface area contributed by atoms with Gasteiger partial charge in [-0.1, -0.05) is 110 Å². The van der Waals surface area contributed by atoms with Gasteiger partial charge < -0.3 is 5.11 Å². The molecule has 5 aromatic rings. The Labute approximate surface area is 300 Å². The van der Waals surface area contributed by atoms with Crippen LogP contribution in [0.25, 0.3) is 43.0 Å². The molecular weight excluding hydrogens is 775 g/mol. The minimum absolute atomic E-state index is 0. The Morgan fingerprint density at radius 1 is 0.851 bits per heavy atom. The number of carbonyl (C=O) groups is 1. The molecule has 0 bridgehead atoms. The summed E-state index contributed by atoms with van der Waals surface area (Å²) in [6.45, 7) is 23.4. The normalized spacial score (nSPS) is 12.6. The molecule has 1 radical (unpaired) electrons. The van der Waals surface area contributed by atoms with Crippen molar-refractivity contribution in [3.05, 3.63) is 88.5 Å². The van der Waals surface area contributed by atoms with Crippen molar-refractivity contribution in [1.29, 1.82) is 0 Å². The maximum absolute atomic E-state index is 12.2. The molecule has 3 nitrogen and oxygen atoms in total. The van der Waals surface area contributed by atoms with Crippen LogP contribution in [0.15, 0.2) is 66.4 Å². The van der Waals surface area contributed by atoms with Crippen molar-refractivity contribution in [2.45, 2.75) is 107 Å². The second kappa shape index (κ2) is 15.1. The second-order valence-corrected chi connectivity index (χ2v) is 15.5. The van der Waals surface area contributed by atoms with E-state index in [9.17, 15) is 9.90 Å². The number of aliphatic hydroxyl groups excluding tert-OH is 1. The topological polar surface area (TPSA) is 50.2 Å². The third-order valence-electron chi connectivity index (χ3n) is 10.4. The van der Waals surface area contributed by atoms with Gasteiger partial charge in [-0.15, -0.1) is 40.5 Å². The molecule has 0 aliphatic carbocycles. The zero-order chi connectivity index (χ0) is 34.0. The van der Waals surface area contributed by atoms with Crippen molar-refractivity contribution in [2.75, 3.05) is 0 Å². The maximum atomic E-state index is 12.2. The number of aromatic nitrogens is 1. The number of rotatable bonds is 8. The van der Waals surface area contributed by atoms with Gasteiger partial charge in [0.25, 0.3) is 0 Å². The minimum Gasteiger partial charge on any atom is -0.512 e. The molecule has 0 amide bonds. The summed E-state index contributed by atoms with van der Waals surface area (Å²) < 4.78 is 1.33. The third-order valence-corrected chi connectivity index (χ3v) is 11.7. The zero-order valence-corrected chi connectivity index (χ0v) is 33.4. The third kappa shape index (κ3) is 7.74. The first-order valence-corrected chi connectivity index (χ1v) is 17.7. The van der Waals surface area contributed by atoms with E-state index in [4.69, 9.17) is 4.98 Å². The number of aliphatic hydroxyl groups is 1. The summed E-state index contributed by atoms with van der Waals surface area (Å²) in [6, 6.07) is 23.1. The molecule has 0 saturated carbocycles. The smallest absolute Gasteiger partial charge is 0.164 e. The Morgan fingerprint density at radius 2 is 1.40 bits per heavy atom. The predicted octanol–water partition coefficient (Wildman–Crippen LogP) is 12.6. The predicted molar refractivity (Wildman–Crippen MR) is 200 cm³/mol. The monoisotopic (exact) mass is 827 g/mol.